The van der Waals surface area contributed by atoms with Crippen molar-refractivity contribution in [3.8, 4) is 5.75 Å². The van der Waals surface area contributed by atoms with Crippen molar-refractivity contribution in [2.75, 3.05) is 13.2 Å². The standard InChI is InChI=1S/C20H17NO4S/c1-2-25-16-10-6-7-14(11-16)12-18-19(23)21(20(24)26-18)13-17(22)15-8-4-3-5-9-15/h3-12H,2,13H2,1H3/b18-12-. The number of amides is 2. The van der Waals surface area contributed by atoms with Crippen molar-refractivity contribution >= 4 is 34.8 Å². The van der Waals surface area contributed by atoms with Crippen molar-refractivity contribution in [1.82, 2.24) is 4.90 Å². The van der Waals surface area contributed by atoms with Gasteiger partial charge >= 0.3 is 0 Å². The SMILES string of the molecule is CCOc1cccc(/C=C2\SC(=O)N(CC(=O)c3ccccc3)C2=O)c1. The van der Waals surface area contributed by atoms with E-state index in [9.17, 15) is 14.4 Å². The number of hydrogen-bond donors (Lipinski definition) is 0. The van der Waals surface area contributed by atoms with Gasteiger partial charge < -0.3 is 4.74 Å². The molecule has 0 atom stereocenters. The minimum absolute atomic E-state index is 0.259. The summed E-state index contributed by atoms with van der Waals surface area (Å²) in [7, 11) is 0. The van der Waals surface area contributed by atoms with Crippen LogP contribution in [-0.4, -0.2) is 35.0 Å². The summed E-state index contributed by atoms with van der Waals surface area (Å²) in [5.41, 5.74) is 1.23. The molecule has 0 spiro atoms. The Balaban J connectivity index is 1.76. The lowest BCUT2D eigenvalue weighted by Gasteiger charge is -2.11. The Morgan fingerprint density at radius 1 is 1.12 bits per heavy atom. The fourth-order valence-electron chi connectivity index (χ4n) is 2.51. The highest BCUT2D eigenvalue weighted by Crippen LogP contribution is 2.32. The zero-order chi connectivity index (χ0) is 18.5. The molecule has 1 fully saturated rings. The maximum absolute atomic E-state index is 12.5. The van der Waals surface area contributed by atoms with Crippen LogP contribution in [0.3, 0.4) is 0 Å². The van der Waals surface area contributed by atoms with Gasteiger partial charge in [0.15, 0.2) is 5.78 Å². The summed E-state index contributed by atoms with van der Waals surface area (Å²) in [6.45, 7) is 2.17. The van der Waals surface area contributed by atoms with Crippen molar-refractivity contribution in [2.24, 2.45) is 0 Å². The molecule has 26 heavy (non-hydrogen) atoms. The molecule has 0 aliphatic carbocycles. The molecule has 0 unspecified atom stereocenters. The Bertz CT molecular complexity index is 876. The maximum Gasteiger partial charge on any atom is 0.293 e. The molecule has 1 aliphatic rings. The van der Waals surface area contributed by atoms with Gasteiger partial charge in [0.05, 0.1) is 18.1 Å². The molecule has 0 N–H and O–H groups in total. The molecule has 1 saturated heterocycles. The van der Waals surface area contributed by atoms with E-state index in [0.717, 1.165) is 22.2 Å². The number of thioether (sulfide) groups is 1. The number of carbonyl (C=O) groups is 3. The van der Waals surface area contributed by atoms with Crippen LogP contribution in [0.4, 0.5) is 4.79 Å². The molecule has 2 aromatic carbocycles. The van der Waals surface area contributed by atoms with E-state index in [-0.39, 0.29) is 12.3 Å². The summed E-state index contributed by atoms with van der Waals surface area (Å²) in [6, 6.07) is 15.9. The highest BCUT2D eigenvalue weighted by Gasteiger charge is 2.36. The van der Waals surface area contributed by atoms with E-state index >= 15 is 0 Å². The van der Waals surface area contributed by atoms with Crippen LogP contribution in [0.2, 0.25) is 0 Å². The molecule has 1 heterocycles. The van der Waals surface area contributed by atoms with Crippen molar-refractivity contribution in [1.29, 1.82) is 0 Å². The minimum atomic E-state index is -0.453. The van der Waals surface area contributed by atoms with E-state index in [2.05, 4.69) is 0 Å². The van der Waals surface area contributed by atoms with E-state index in [1.807, 2.05) is 25.1 Å². The molecule has 5 nitrogen and oxygen atoms in total. The molecular formula is C20H17NO4S. The average molecular weight is 367 g/mol. The summed E-state index contributed by atoms with van der Waals surface area (Å²) >= 11 is 0.839. The zero-order valence-corrected chi connectivity index (χ0v) is 15.0. The van der Waals surface area contributed by atoms with E-state index in [1.165, 1.54) is 0 Å². The quantitative estimate of drug-likeness (QED) is 0.570. The number of carbonyl (C=O) groups excluding carboxylic acids is 3. The smallest absolute Gasteiger partial charge is 0.293 e. The van der Waals surface area contributed by atoms with Gasteiger partial charge in [-0.3, -0.25) is 19.3 Å². The van der Waals surface area contributed by atoms with E-state index in [0.29, 0.717) is 22.8 Å². The number of rotatable bonds is 6. The van der Waals surface area contributed by atoms with Crippen molar-refractivity contribution in [3.63, 3.8) is 0 Å². The van der Waals surface area contributed by atoms with Crippen molar-refractivity contribution in [2.45, 2.75) is 6.92 Å². The molecule has 0 radical (unpaired) electrons. The first-order valence-corrected chi connectivity index (χ1v) is 8.96. The van der Waals surface area contributed by atoms with Crippen LogP contribution in [0.5, 0.6) is 5.75 Å². The summed E-state index contributed by atoms with van der Waals surface area (Å²) in [6.07, 6.45) is 1.64. The van der Waals surface area contributed by atoms with Gasteiger partial charge in [0.25, 0.3) is 11.1 Å². The van der Waals surface area contributed by atoms with Crippen LogP contribution in [-0.2, 0) is 4.79 Å². The van der Waals surface area contributed by atoms with Gasteiger partial charge in [0.1, 0.15) is 5.75 Å². The average Bonchev–Trinajstić information content (AvgIpc) is 2.90. The summed E-state index contributed by atoms with van der Waals surface area (Å²) in [5.74, 6) is -0.0293. The largest absolute Gasteiger partial charge is 0.494 e. The number of hydrogen-bond acceptors (Lipinski definition) is 5. The minimum Gasteiger partial charge on any atom is -0.494 e. The third kappa shape index (κ3) is 4.03. The number of imide groups is 1. The van der Waals surface area contributed by atoms with Crippen molar-refractivity contribution < 1.29 is 19.1 Å². The summed E-state index contributed by atoms with van der Waals surface area (Å²) in [5, 5.41) is -0.438. The number of ketones is 1. The first-order chi connectivity index (χ1) is 12.6. The first kappa shape index (κ1) is 17.9. The Hall–Kier alpha value is -2.86. The predicted molar refractivity (Wildman–Crippen MR) is 101 cm³/mol. The Kier molecular flexibility index (Phi) is 5.53. The van der Waals surface area contributed by atoms with Crippen LogP contribution < -0.4 is 4.74 Å². The van der Waals surface area contributed by atoms with Gasteiger partial charge in [-0.2, -0.15) is 0 Å². The van der Waals surface area contributed by atoms with Crippen LogP contribution in [0, 0.1) is 0 Å². The van der Waals surface area contributed by atoms with Crippen LogP contribution >= 0.6 is 11.8 Å². The Labute approximate surface area is 155 Å². The zero-order valence-electron chi connectivity index (χ0n) is 14.2. The third-order valence-electron chi connectivity index (χ3n) is 3.74. The number of ether oxygens (including phenoxy) is 1. The molecule has 2 amide bonds. The molecular weight excluding hydrogens is 350 g/mol. The lowest BCUT2D eigenvalue weighted by Crippen LogP contribution is -2.33. The molecule has 3 rings (SSSR count). The lowest BCUT2D eigenvalue weighted by molar-refractivity contribution is -0.122. The van der Waals surface area contributed by atoms with Crippen molar-refractivity contribution in [3.05, 3.63) is 70.6 Å². The monoisotopic (exact) mass is 367 g/mol. The highest BCUT2D eigenvalue weighted by atomic mass is 32.2. The second-order valence-electron chi connectivity index (χ2n) is 5.56. The summed E-state index contributed by atoms with van der Waals surface area (Å²) in [4.78, 5) is 38.3. The predicted octanol–water partition coefficient (Wildman–Crippen LogP) is 4.00. The summed E-state index contributed by atoms with van der Waals surface area (Å²) < 4.78 is 5.44. The Morgan fingerprint density at radius 2 is 1.88 bits per heavy atom. The molecule has 0 saturated carbocycles. The van der Waals surface area contributed by atoms with E-state index < -0.39 is 11.1 Å². The van der Waals surface area contributed by atoms with Gasteiger partial charge in [0, 0.05) is 5.56 Å². The third-order valence-corrected chi connectivity index (χ3v) is 4.65. The Morgan fingerprint density at radius 3 is 2.62 bits per heavy atom. The molecule has 1 aliphatic heterocycles. The van der Waals surface area contributed by atoms with Crippen LogP contribution in [0.1, 0.15) is 22.8 Å². The fourth-order valence-corrected chi connectivity index (χ4v) is 3.35. The first-order valence-electron chi connectivity index (χ1n) is 8.15. The van der Waals surface area contributed by atoms with Gasteiger partial charge in [-0.05, 0) is 42.5 Å². The van der Waals surface area contributed by atoms with E-state index in [1.54, 1.807) is 42.5 Å². The van der Waals surface area contributed by atoms with Gasteiger partial charge in [-0.1, -0.05) is 42.5 Å². The molecule has 0 bridgehead atoms. The number of nitrogens with zero attached hydrogens (tertiary/aromatic N) is 1. The lowest BCUT2D eigenvalue weighted by atomic mass is 10.1. The normalized spacial score (nSPS) is 15.6. The molecule has 6 heteroatoms. The second-order valence-corrected chi connectivity index (χ2v) is 6.56. The number of benzene rings is 2. The maximum atomic E-state index is 12.5. The fraction of sp³-hybridized carbons (Fsp3) is 0.150. The molecule has 2 aromatic rings. The van der Waals surface area contributed by atoms with Crippen LogP contribution in [0.25, 0.3) is 6.08 Å². The molecule has 132 valence electrons. The van der Waals surface area contributed by atoms with Crippen LogP contribution in [0.15, 0.2) is 59.5 Å². The number of Topliss-reactive ketones (excluding diaryl/α,β-unsaturated/α-hetero) is 1. The second kappa shape index (κ2) is 8.01. The van der Waals surface area contributed by atoms with Gasteiger partial charge in [0.2, 0.25) is 0 Å². The van der Waals surface area contributed by atoms with E-state index in [4.69, 9.17) is 4.74 Å². The topological polar surface area (TPSA) is 63.7 Å². The van der Waals surface area contributed by atoms with Gasteiger partial charge in [-0.25, -0.2) is 0 Å². The highest BCUT2D eigenvalue weighted by molar-refractivity contribution is 8.18. The molecule has 0 aromatic heterocycles. The van der Waals surface area contributed by atoms with Gasteiger partial charge in [-0.15, -0.1) is 0 Å².